The summed E-state index contributed by atoms with van der Waals surface area (Å²) in [6, 6.07) is 6.30. The van der Waals surface area contributed by atoms with Gasteiger partial charge >= 0.3 is 12.1 Å². The van der Waals surface area contributed by atoms with Crippen LogP contribution >= 0.6 is 0 Å². The maximum atomic E-state index is 14.0. The summed E-state index contributed by atoms with van der Waals surface area (Å²) in [7, 11) is 1.32. The molecule has 0 radical (unpaired) electrons. The average molecular weight is 594 g/mol. The summed E-state index contributed by atoms with van der Waals surface area (Å²) in [5, 5.41) is 10.4. The van der Waals surface area contributed by atoms with Crippen molar-refractivity contribution in [3.63, 3.8) is 0 Å². The average Bonchev–Trinajstić information content (AvgIpc) is 3.89. The van der Waals surface area contributed by atoms with E-state index in [1.54, 1.807) is 55.9 Å². The van der Waals surface area contributed by atoms with Crippen molar-refractivity contribution in [2.75, 3.05) is 19.0 Å². The first kappa shape index (κ1) is 30.6. The number of anilines is 1. The Morgan fingerprint density at radius 3 is 2.28 bits per heavy atom. The molecule has 2 fully saturated rings. The Balaban J connectivity index is 1.39. The zero-order valence-corrected chi connectivity index (χ0v) is 25.9. The fraction of sp³-hybridized carbons (Fsp3) is 0.594. The van der Waals surface area contributed by atoms with Crippen molar-refractivity contribution < 1.29 is 28.7 Å². The van der Waals surface area contributed by atoms with Crippen LogP contribution in [0.2, 0.25) is 0 Å². The van der Waals surface area contributed by atoms with Gasteiger partial charge in [0.25, 0.3) is 5.91 Å². The number of nitrogens with one attached hydrogen (secondary N) is 2. The molecule has 11 heteroatoms. The van der Waals surface area contributed by atoms with Crippen LogP contribution in [0.5, 0.6) is 0 Å². The Hall–Kier alpha value is -3.89. The number of esters is 1. The maximum absolute atomic E-state index is 14.0. The minimum atomic E-state index is -0.708. The molecule has 1 aromatic carbocycles. The Morgan fingerprint density at radius 1 is 1.02 bits per heavy atom. The van der Waals surface area contributed by atoms with Crippen LogP contribution < -0.4 is 10.6 Å². The third kappa shape index (κ3) is 7.02. The first-order valence-electron chi connectivity index (χ1n) is 15.2. The molecule has 11 nitrogen and oxygen atoms in total. The van der Waals surface area contributed by atoms with E-state index in [1.165, 1.54) is 12.0 Å². The van der Waals surface area contributed by atoms with Crippen LogP contribution in [0.1, 0.15) is 93.9 Å². The molecule has 43 heavy (non-hydrogen) atoms. The molecule has 1 aliphatic heterocycles. The molecular weight excluding hydrogens is 550 g/mol. The Labute approximate surface area is 252 Å². The van der Waals surface area contributed by atoms with E-state index >= 15 is 0 Å². The highest BCUT2D eigenvalue weighted by molar-refractivity contribution is 6.01. The number of ether oxygens (including phenoxy) is 2. The summed E-state index contributed by atoms with van der Waals surface area (Å²) < 4.78 is 12.3. The first-order valence-corrected chi connectivity index (χ1v) is 15.2. The van der Waals surface area contributed by atoms with Gasteiger partial charge in [0, 0.05) is 31.0 Å². The van der Waals surface area contributed by atoms with E-state index < -0.39 is 29.6 Å². The number of rotatable bonds is 9. The van der Waals surface area contributed by atoms with Crippen LogP contribution in [0.15, 0.2) is 30.5 Å². The van der Waals surface area contributed by atoms with Gasteiger partial charge in [0.05, 0.1) is 13.0 Å². The number of fused-ring (bicyclic) bond motifs is 1. The molecular formula is C32H43N5O6. The lowest BCUT2D eigenvalue weighted by Crippen LogP contribution is -2.50. The smallest absolute Gasteiger partial charge is 0.410 e. The predicted molar refractivity (Wildman–Crippen MR) is 159 cm³/mol. The molecule has 0 saturated heterocycles. The van der Waals surface area contributed by atoms with E-state index in [0.717, 1.165) is 31.2 Å². The van der Waals surface area contributed by atoms with Gasteiger partial charge in [-0.2, -0.15) is 5.10 Å². The molecule has 1 unspecified atom stereocenters. The Kier molecular flexibility index (Phi) is 8.54. The lowest BCUT2D eigenvalue weighted by Gasteiger charge is -2.35. The number of methoxy groups -OCH3 is 1. The van der Waals surface area contributed by atoms with Crippen LogP contribution in [0.25, 0.3) is 0 Å². The van der Waals surface area contributed by atoms with Crippen molar-refractivity contribution in [2.24, 2.45) is 17.8 Å². The van der Waals surface area contributed by atoms with Gasteiger partial charge in [0.15, 0.2) is 0 Å². The number of carbonyl (C=O) groups excluding carboxylic acids is 4. The quantitative estimate of drug-likeness (QED) is 0.405. The van der Waals surface area contributed by atoms with Gasteiger partial charge in [0.2, 0.25) is 5.91 Å². The Bertz CT molecular complexity index is 1370. The molecule has 2 aromatic rings. The van der Waals surface area contributed by atoms with Crippen molar-refractivity contribution in [3.8, 4) is 0 Å². The van der Waals surface area contributed by atoms with E-state index in [9.17, 15) is 19.2 Å². The minimum absolute atomic E-state index is 0.00440. The standard InChI is InChI=1S/C32H43N5O6/c1-18(2)37-25(13-14-33-37)28(38)35-27(26(19-7-8-19)20-9-10-20)29(39)34-22-11-12-23-21(15-22)16-36(17-24(23)30(40)42-6)31(41)43-32(3,4)5/h11-15,18-20,24,26-27H,7-10,16-17H2,1-6H3,(H,34,39)(H,35,38)/t24?,27-/m0/s1. The topological polar surface area (TPSA) is 132 Å². The third-order valence-corrected chi connectivity index (χ3v) is 8.37. The lowest BCUT2D eigenvalue weighted by atomic mass is 9.88. The highest BCUT2D eigenvalue weighted by atomic mass is 16.6. The number of aromatic nitrogens is 2. The molecule has 2 N–H and O–H groups in total. The number of carbonyl (C=O) groups is 4. The summed E-state index contributed by atoms with van der Waals surface area (Å²) >= 11 is 0. The molecule has 2 aliphatic carbocycles. The highest BCUT2D eigenvalue weighted by Gasteiger charge is 2.48. The van der Waals surface area contributed by atoms with Crippen molar-refractivity contribution in [2.45, 2.75) is 90.4 Å². The largest absolute Gasteiger partial charge is 0.468 e. The fourth-order valence-corrected chi connectivity index (χ4v) is 6.13. The fourth-order valence-electron chi connectivity index (χ4n) is 6.13. The highest BCUT2D eigenvalue weighted by Crippen LogP contribution is 2.51. The molecule has 3 amide bonds. The second-order valence-electron chi connectivity index (χ2n) is 13.3. The third-order valence-electron chi connectivity index (χ3n) is 8.37. The van der Waals surface area contributed by atoms with E-state index in [-0.39, 0.29) is 36.9 Å². The SMILES string of the molecule is COC(=O)C1CN(C(=O)OC(C)(C)C)Cc2cc(NC(=O)[C@@H](NC(=O)c3ccnn3C(C)C)C(C3CC3)C3CC3)ccc21. The van der Waals surface area contributed by atoms with Gasteiger partial charge in [-0.1, -0.05) is 6.07 Å². The molecule has 5 rings (SSSR count). The summed E-state index contributed by atoms with van der Waals surface area (Å²) in [5.74, 6) is -0.864. The van der Waals surface area contributed by atoms with Crippen molar-refractivity contribution in [1.82, 2.24) is 20.0 Å². The summed E-state index contributed by atoms with van der Waals surface area (Å²) in [4.78, 5) is 54.5. The summed E-state index contributed by atoms with van der Waals surface area (Å²) in [6.45, 7) is 9.62. The number of benzene rings is 1. The van der Waals surface area contributed by atoms with Crippen LogP contribution in [-0.4, -0.2) is 63.9 Å². The summed E-state index contributed by atoms with van der Waals surface area (Å²) in [6.07, 6.45) is 5.29. The summed E-state index contributed by atoms with van der Waals surface area (Å²) in [5.41, 5.74) is 1.70. The van der Waals surface area contributed by atoms with Gasteiger partial charge in [0.1, 0.15) is 17.3 Å². The normalized spacial score (nSPS) is 19.1. The molecule has 0 spiro atoms. The van der Waals surface area contributed by atoms with Crippen molar-refractivity contribution in [3.05, 3.63) is 47.3 Å². The van der Waals surface area contributed by atoms with Gasteiger partial charge in [-0.3, -0.25) is 19.1 Å². The van der Waals surface area contributed by atoms with Gasteiger partial charge in [-0.25, -0.2) is 4.79 Å². The minimum Gasteiger partial charge on any atom is -0.468 e. The second-order valence-corrected chi connectivity index (χ2v) is 13.3. The molecule has 0 bridgehead atoms. The molecule has 232 valence electrons. The van der Waals surface area contributed by atoms with Crippen LogP contribution in [0.3, 0.4) is 0 Å². The number of amides is 3. The van der Waals surface area contributed by atoms with Crippen LogP contribution in [0.4, 0.5) is 10.5 Å². The van der Waals surface area contributed by atoms with E-state index in [1.807, 2.05) is 13.8 Å². The molecule has 2 heterocycles. The molecule has 2 saturated carbocycles. The van der Waals surface area contributed by atoms with Crippen molar-refractivity contribution in [1.29, 1.82) is 0 Å². The van der Waals surface area contributed by atoms with E-state index in [0.29, 0.717) is 28.8 Å². The van der Waals surface area contributed by atoms with Gasteiger partial charge < -0.3 is 25.0 Å². The predicted octanol–water partition coefficient (Wildman–Crippen LogP) is 4.64. The molecule has 3 aliphatic rings. The zero-order valence-electron chi connectivity index (χ0n) is 25.9. The first-order chi connectivity index (χ1) is 20.4. The van der Waals surface area contributed by atoms with Crippen LogP contribution in [0, 0.1) is 17.8 Å². The number of hydrogen-bond donors (Lipinski definition) is 2. The lowest BCUT2D eigenvalue weighted by molar-refractivity contribution is -0.143. The number of hydrogen-bond acceptors (Lipinski definition) is 7. The van der Waals surface area contributed by atoms with Gasteiger partial charge in [-0.05, 0) is 107 Å². The molecule has 1 aromatic heterocycles. The second kappa shape index (κ2) is 12.0. The monoisotopic (exact) mass is 593 g/mol. The molecule has 2 atom stereocenters. The zero-order chi connectivity index (χ0) is 31.1. The van der Waals surface area contributed by atoms with E-state index in [2.05, 4.69) is 15.7 Å². The van der Waals surface area contributed by atoms with Crippen molar-refractivity contribution >= 4 is 29.6 Å². The Morgan fingerprint density at radius 2 is 1.70 bits per heavy atom. The number of nitrogens with zero attached hydrogens (tertiary/aromatic N) is 3. The maximum Gasteiger partial charge on any atom is 0.410 e. The van der Waals surface area contributed by atoms with E-state index in [4.69, 9.17) is 9.47 Å². The van der Waals surface area contributed by atoms with Gasteiger partial charge in [-0.15, -0.1) is 0 Å². The van der Waals surface area contributed by atoms with Crippen LogP contribution in [-0.2, 0) is 25.6 Å².